The third-order valence-electron chi connectivity index (χ3n) is 4.48. The number of nitrogens with one attached hydrogen (secondary N) is 1. The van der Waals surface area contributed by atoms with Crippen LogP contribution in [0.5, 0.6) is 23.0 Å². The molecule has 0 spiro atoms. The van der Waals surface area contributed by atoms with Gasteiger partial charge in [-0.05, 0) is 86.5 Å². The van der Waals surface area contributed by atoms with E-state index in [9.17, 15) is 13.5 Å². The first-order valence-corrected chi connectivity index (χ1v) is 11.7. The number of phenols is 1. The molecular formula is C21H15Br2NO5S. The predicted molar refractivity (Wildman–Crippen MR) is 120 cm³/mol. The SMILES string of the molecule is COc1ccc(S(=O)(=O)c2c[nH]c3ccc(Oc4c(Br)cc(O)cc4Br)cc23)cc1. The van der Waals surface area contributed by atoms with Gasteiger partial charge in [-0.15, -0.1) is 0 Å². The Morgan fingerprint density at radius 2 is 1.57 bits per heavy atom. The number of halogens is 2. The largest absolute Gasteiger partial charge is 0.508 e. The monoisotopic (exact) mass is 551 g/mol. The molecule has 3 aromatic carbocycles. The zero-order chi connectivity index (χ0) is 21.5. The number of hydrogen-bond donors (Lipinski definition) is 2. The van der Waals surface area contributed by atoms with Crippen LogP contribution < -0.4 is 9.47 Å². The molecule has 0 bridgehead atoms. The van der Waals surface area contributed by atoms with Gasteiger partial charge in [0.15, 0.2) is 5.75 Å². The van der Waals surface area contributed by atoms with Gasteiger partial charge in [-0.25, -0.2) is 8.42 Å². The van der Waals surface area contributed by atoms with Gasteiger partial charge in [-0.2, -0.15) is 0 Å². The van der Waals surface area contributed by atoms with Crippen LogP contribution in [0.15, 0.2) is 79.5 Å². The third kappa shape index (κ3) is 3.80. The van der Waals surface area contributed by atoms with E-state index in [1.54, 1.807) is 30.3 Å². The number of phenolic OH excluding ortho intramolecular Hbond substituents is 1. The van der Waals surface area contributed by atoms with Gasteiger partial charge in [-0.3, -0.25) is 0 Å². The number of sulfone groups is 1. The molecule has 0 radical (unpaired) electrons. The van der Waals surface area contributed by atoms with Gasteiger partial charge < -0.3 is 19.6 Å². The Labute approximate surface area is 189 Å². The van der Waals surface area contributed by atoms with E-state index >= 15 is 0 Å². The number of hydrogen-bond acceptors (Lipinski definition) is 5. The molecule has 1 heterocycles. The van der Waals surface area contributed by atoms with Crippen LogP contribution in [0.25, 0.3) is 10.9 Å². The molecular weight excluding hydrogens is 538 g/mol. The standard InChI is InChI=1S/C21H15Br2NO5S/c1-28-13-2-5-15(6-3-13)30(26,27)20-11-24-19-7-4-14(10-16(19)20)29-21-17(22)8-12(25)9-18(21)23/h2-11,24-25H,1H3. The van der Waals surface area contributed by atoms with Gasteiger partial charge in [0.1, 0.15) is 17.2 Å². The Hall–Kier alpha value is -2.49. The van der Waals surface area contributed by atoms with E-state index in [-0.39, 0.29) is 15.5 Å². The molecule has 4 rings (SSSR count). The summed E-state index contributed by atoms with van der Waals surface area (Å²) in [6, 6.07) is 14.4. The van der Waals surface area contributed by atoms with Crippen LogP contribution in [-0.2, 0) is 9.84 Å². The highest BCUT2D eigenvalue weighted by molar-refractivity contribution is 9.11. The summed E-state index contributed by atoms with van der Waals surface area (Å²) in [5.74, 6) is 1.56. The summed E-state index contributed by atoms with van der Waals surface area (Å²) in [6.07, 6.45) is 1.47. The summed E-state index contributed by atoms with van der Waals surface area (Å²) >= 11 is 6.72. The summed E-state index contributed by atoms with van der Waals surface area (Å²) < 4.78 is 38.5. The number of rotatable bonds is 5. The van der Waals surface area contributed by atoms with Gasteiger partial charge in [0.2, 0.25) is 9.84 Å². The number of H-pyrrole nitrogens is 1. The van der Waals surface area contributed by atoms with E-state index in [1.807, 2.05) is 0 Å². The average Bonchev–Trinajstić information content (AvgIpc) is 3.15. The van der Waals surface area contributed by atoms with Crippen molar-refractivity contribution < 1.29 is 23.0 Å². The molecule has 30 heavy (non-hydrogen) atoms. The number of aromatic nitrogens is 1. The molecule has 1 aromatic heterocycles. The van der Waals surface area contributed by atoms with Crippen molar-refractivity contribution in [2.24, 2.45) is 0 Å². The van der Waals surface area contributed by atoms with Gasteiger partial charge >= 0.3 is 0 Å². The molecule has 154 valence electrons. The lowest BCUT2D eigenvalue weighted by molar-refractivity contribution is 0.414. The van der Waals surface area contributed by atoms with Gasteiger partial charge in [0.25, 0.3) is 0 Å². The number of fused-ring (bicyclic) bond motifs is 1. The summed E-state index contributed by atoms with van der Waals surface area (Å²) in [4.78, 5) is 3.31. The number of methoxy groups -OCH3 is 1. The first-order chi connectivity index (χ1) is 14.3. The first kappa shape index (κ1) is 20.8. The molecule has 0 saturated carbocycles. The molecule has 0 unspecified atom stereocenters. The maximum absolute atomic E-state index is 13.2. The molecule has 6 nitrogen and oxygen atoms in total. The Morgan fingerprint density at radius 3 is 2.20 bits per heavy atom. The molecule has 0 amide bonds. The number of aromatic hydroxyl groups is 1. The van der Waals surface area contributed by atoms with Crippen molar-refractivity contribution in [3.05, 3.63) is 69.7 Å². The number of aromatic amines is 1. The quantitative estimate of drug-likeness (QED) is 0.315. The van der Waals surface area contributed by atoms with Crippen LogP contribution in [-0.4, -0.2) is 25.6 Å². The van der Waals surface area contributed by atoms with E-state index < -0.39 is 9.84 Å². The summed E-state index contributed by atoms with van der Waals surface area (Å²) in [5.41, 5.74) is 0.665. The first-order valence-electron chi connectivity index (χ1n) is 8.66. The maximum Gasteiger partial charge on any atom is 0.208 e. The second-order valence-corrected chi connectivity index (χ2v) is 10.0. The minimum absolute atomic E-state index is 0.0788. The molecule has 0 aliphatic carbocycles. The van der Waals surface area contributed by atoms with Gasteiger partial charge in [0, 0.05) is 17.1 Å². The minimum Gasteiger partial charge on any atom is -0.508 e. The van der Waals surface area contributed by atoms with E-state index in [1.165, 1.54) is 37.6 Å². The van der Waals surface area contributed by atoms with E-state index in [0.29, 0.717) is 37.1 Å². The third-order valence-corrected chi connectivity index (χ3v) is 7.47. The van der Waals surface area contributed by atoms with Crippen molar-refractivity contribution in [1.82, 2.24) is 4.98 Å². The Morgan fingerprint density at radius 1 is 0.933 bits per heavy atom. The van der Waals surface area contributed by atoms with E-state index in [2.05, 4.69) is 36.8 Å². The topological polar surface area (TPSA) is 88.6 Å². The van der Waals surface area contributed by atoms with Gasteiger partial charge in [0.05, 0.1) is 25.8 Å². The Bertz CT molecular complexity index is 1320. The molecule has 0 aliphatic heterocycles. The lowest BCUT2D eigenvalue weighted by atomic mass is 10.2. The van der Waals surface area contributed by atoms with Crippen LogP contribution in [0.1, 0.15) is 0 Å². The molecule has 4 aromatic rings. The van der Waals surface area contributed by atoms with Crippen molar-refractivity contribution in [3.8, 4) is 23.0 Å². The summed E-state index contributed by atoms with van der Waals surface area (Å²) in [7, 11) is -2.23. The second kappa shape index (κ2) is 7.98. The molecule has 0 atom stereocenters. The van der Waals surface area contributed by atoms with Crippen LogP contribution >= 0.6 is 31.9 Å². The van der Waals surface area contributed by atoms with E-state index in [0.717, 1.165) is 0 Å². The predicted octanol–water partition coefficient (Wildman–Crippen LogP) is 6.03. The van der Waals surface area contributed by atoms with Crippen LogP contribution in [0, 0.1) is 0 Å². The molecule has 0 saturated heterocycles. The van der Waals surface area contributed by atoms with Gasteiger partial charge in [-0.1, -0.05) is 0 Å². The highest BCUT2D eigenvalue weighted by atomic mass is 79.9. The Balaban J connectivity index is 1.76. The summed E-state index contributed by atoms with van der Waals surface area (Å²) in [5, 5.41) is 10.2. The van der Waals surface area contributed by atoms with Crippen molar-refractivity contribution in [2.75, 3.05) is 7.11 Å². The molecule has 9 heteroatoms. The fraction of sp³-hybridized carbons (Fsp3) is 0.0476. The van der Waals surface area contributed by atoms with Crippen molar-refractivity contribution >= 4 is 52.6 Å². The molecule has 2 N–H and O–H groups in total. The molecule has 0 fully saturated rings. The Kier molecular flexibility index (Phi) is 5.52. The van der Waals surface area contributed by atoms with Crippen LogP contribution in [0.2, 0.25) is 0 Å². The number of ether oxygens (including phenoxy) is 2. The fourth-order valence-electron chi connectivity index (χ4n) is 3.00. The van der Waals surface area contributed by atoms with Crippen molar-refractivity contribution in [3.63, 3.8) is 0 Å². The highest BCUT2D eigenvalue weighted by Gasteiger charge is 2.22. The normalized spacial score (nSPS) is 11.6. The molecule has 0 aliphatic rings. The highest BCUT2D eigenvalue weighted by Crippen LogP contribution is 2.40. The van der Waals surface area contributed by atoms with E-state index in [4.69, 9.17) is 9.47 Å². The van der Waals surface area contributed by atoms with Crippen molar-refractivity contribution in [2.45, 2.75) is 9.79 Å². The maximum atomic E-state index is 13.2. The van der Waals surface area contributed by atoms with Crippen LogP contribution in [0.3, 0.4) is 0 Å². The van der Waals surface area contributed by atoms with Crippen LogP contribution in [0.4, 0.5) is 0 Å². The minimum atomic E-state index is -3.75. The smallest absolute Gasteiger partial charge is 0.208 e. The van der Waals surface area contributed by atoms with Crippen molar-refractivity contribution in [1.29, 1.82) is 0 Å². The lowest BCUT2D eigenvalue weighted by Crippen LogP contribution is -2.01. The zero-order valence-corrected chi connectivity index (χ0v) is 19.5. The summed E-state index contributed by atoms with van der Waals surface area (Å²) in [6.45, 7) is 0. The second-order valence-electron chi connectivity index (χ2n) is 6.38. The zero-order valence-electron chi connectivity index (χ0n) is 15.5. The fourth-order valence-corrected chi connectivity index (χ4v) is 5.75. The number of benzene rings is 3. The lowest BCUT2D eigenvalue weighted by Gasteiger charge is -2.11. The average molecular weight is 553 g/mol.